The quantitative estimate of drug-likeness (QED) is 0.363. The Hall–Kier alpha value is -4.16. The second kappa shape index (κ2) is 12.6. The summed E-state index contributed by atoms with van der Waals surface area (Å²) in [5.74, 6) is 1.10. The van der Waals surface area contributed by atoms with Gasteiger partial charge in [0, 0.05) is 54.8 Å². The number of fused-ring (bicyclic) bond motifs is 2. The molecule has 0 radical (unpaired) electrons. The Kier molecular flexibility index (Phi) is 8.48. The van der Waals surface area contributed by atoms with Gasteiger partial charge in [-0.15, -0.1) is 0 Å². The van der Waals surface area contributed by atoms with Crippen LogP contribution in [0.5, 0.6) is 6.01 Å². The number of nitriles is 1. The van der Waals surface area contributed by atoms with Crippen molar-refractivity contribution < 1.29 is 9.53 Å². The molecule has 1 amide bonds. The summed E-state index contributed by atoms with van der Waals surface area (Å²) in [7, 11) is 2.19. The second-order valence-corrected chi connectivity index (χ2v) is 12.1. The third-order valence-electron chi connectivity index (χ3n) is 9.41. The fourth-order valence-electron chi connectivity index (χ4n) is 7.11. The number of likely N-dealkylation sites (tertiary alicyclic amines) is 1. The van der Waals surface area contributed by atoms with Gasteiger partial charge < -0.3 is 24.3 Å². The van der Waals surface area contributed by atoms with Crippen LogP contribution in [-0.2, 0) is 17.8 Å². The van der Waals surface area contributed by atoms with Crippen LogP contribution in [0.15, 0.2) is 55.1 Å². The first-order valence-corrected chi connectivity index (χ1v) is 15.5. The summed E-state index contributed by atoms with van der Waals surface area (Å²) in [5.41, 5.74) is 3.31. The molecule has 1 unspecified atom stereocenters. The van der Waals surface area contributed by atoms with Gasteiger partial charge in [0.2, 0.25) is 5.91 Å². The zero-order valence-electron chi connectivity index (χ0n) is 25.3. The van der Waals surface area contributed by atoms with Gasteiger partial charge in [-0.05, 0) is 50.4 Å². The molecule has 9 heteroatoms. The van der Waals surface area contributed by atoms with Gasteiger partial charge in [-0.2, -0.15) is 15.2 Å². The first kappa shape index (κ1) is 28.9. The number of hydrogen-bond donors (Lipinski definition) is 0. The molecule has 0 aliphatic carbocycles. The molecule has 2 saturated heterocycles. The minimum absolute atomic E-state index is 0.134. The van der Waals surface area contributed by atoms with E-state index in [1.165, 1.54) is 35.4 Å². The van der Waals surface area contributed by atoms with Crippen LogP contribution in [0.1, 0.15) is 37.4 Å². The molecule has 2 aromatic carbocycles. The SMILES string of the molecule is C=CC(=O)N1CCN(c2nc(OC[C@@H](C)C3CCCN3C)nc3c2CCN(c2cccc4ccccc24)C3)C[C@@H]1CC#N. The molecule has 0 bridgehead atoms. The van der Waals surface area contributed by atoms with Crippen molar-refractivity contribution in [3.05, 3.63) is 66.4 Å². The number of carbonyl (C=O) groups is 1. The number of anilines is 2. The summed E-state index contributed by atoms with van der Waals surface area (Å²) in [5, 5.41) is 12.0. The standard InChI is InChI=1S/C34H41N7O2/c1-4-32(42)41-20-19-40(21-26(41)14-16-35)33-28-15-18-39(31-12-7-10-25-9-5-6-11-27(25)31)22-29(28)36-34(37-33)43-23-24(2)30-13-8-17-38(30)3/h4-7,9-12,24,26,30H,1,8,13-15,17-23H2,2-3H3/t24-,26+,30?/m1/s1. The van der Waals surface area contributed by atoms with Crippen LogP contribution in [0, 0.1) is 17.2 Å². The Morgan fingerprint density at radius 2 is 1.98 bits per heavy atom. The number of piperazine rings is 1. The monoisotopic (exact) mass is 579 g/mol. The van der Waals surface area contributed by atoms with E-state index in [1.54, 1.807) is 4.90 Å². The van der Waals surface area contributed by atoms with Gasteiger partial charge in [0.1, 0.15) is 5.82 Å². The largest absolute Gasteiger partial charge is 0.463 e. The van der Waals surface area contributed by atoms with Gasteiger partial charge in [0.15, 0.2) is 0 Å². The number of carbonyl (C=O) groups excluding carboxylic acids is 1. The summed E-state index contributed by atoms with van der Waals surface area (Å²) in [6.07, 6.45) is 4.80. The van der Waals surface area contributed by atoms with Crippen LogP contribution in [0.25, 0.3) is 10.8 Å². The predicted molar refractivity (Wildman–Crippen MR) is 169 cm³/mol. The number of aromatic nitrogens is 2. The number of ether oxygens (including phenoxy) is 1. The smallest absolute Gasteiger partial charge is 0.318 e. The zero-order valence-corrected chi connectivity index (χ0v) is 25.3. The van der Waals surface area contributed by atoms with E-state index in [1.807, 2.05) is 0 Å². The molecule has 0 N–H and O–H groups in total. The Morgan fingerprint density at radius 1 is 1.14 bits per heavy atom. The molecule has 43 heavy (non-hydrogen) atoms. The summed E-state index contributed by atoms with van der Waals surface area (Å²) < 4.78 is 6.36. The molecule has 0 saturated carbocycles. The molecule has 1 aromatic heterocycles. The molecule has 3 aliphatic heterocycles. The highest BCUT2D eigenvalue weighted by atomic mass is 16.5. The molecule has 6 rings (SSSR count). The molecule has 3 atom stereocenters. The highest BCUT2D eigenvalue weighted by Crippen LogP contribution is 2.35. The molecule has 224 valence electrons. The van der Waals surface area contributed by atoms with Gasteiger partial charge in [-0.3, -0.25) is 4.79 Å². The summed E-state index contributed by atoms with van der Waals surface area (Å²) in [6, 6.07) is 17.9. The van der Waals surface area contributed by atoms with Crippen LogP contribution in [0.2, 0.25) is 0 Å². The fraction of sp³-hybridized carbons (Fsp3) is 0.471. The maximum Gasteiger partial charge on any atom is 0.318 e. The van der Waals surface area contributed by atoms with E-state index in [4.69, 9.17) is 14.7 Å². The average molecular weight is 580 g/mol. The maximum atomic E-state index is 12.6. The predicted octanol–water partition coefficient (Wildman–Crippen LogP) is 4.42. The van der Waals surface area contributed by atoms with Crippen molar-refractivity contribution in [3.8, 4) is 12.1 Å². The lowest BCUT2D eigenvalue weighted by molar-refractivity contribution is -0.128. The van der Waals surface area contributed by atoms with E-state index in [0.29, 0.717) is 50.8 Å². The Balaban J connectivity index is 1.31. The Labute approximate surface area is 254 Å². The minimum Gasteiger partial charge on any atom is -0.463 e. The van der Waals surface area contributed by atoms with E-state index >= 15 is 0 Å². The van der Waals surface area contributed by atoms with E-state index in [0.717, 1.165) is 36.6 Å². The topological polar surface area (TPSA) is 88.8 Å². The number of rotatable bonds is 8. The maximum absolute atomic E-state index is 12.6. The van der Waals surface area contributed by atoms with Gasteiger partial charge in [-0.1, -0.05) is 49.9 Å². The van der Waals surface area contributed by atoms with Gasteiger partial charge >= 0.3 is 6.01 Å². The normalized spacial score (nSPS) is 21.4. The van der Waals surface area contributed by atoms with E-state index in [2.05, 4.69) is 83.8 Å². The van der Waals surface area contributed by atoms with E-state index in [9.17, 15) is 10.1 Å². The van der Waals surface area contributed by atoms with Crippen molar-refractivity contribution in [3.63, 3.8) is 0 Å². The summed E-state index contributed by atoms with van der Waals surface area (Å²) in [6.45, 7) is 10.8. The lowest BCUT2D eigenvalue weighted by Gasteiger charge is -2.42. The van der Waals surface area contributed by atoms with Crippen molar-refractivity contribution in [2.24, 2.45) is 5.92 Å². The second-order valence-electron chi connectivity index (χ2n) is 12.1. The number of benzene rings is 2. The van der Waals surface area contributed by atoms with Gasteiger partial charge in [0.25, 0.3) is 0 Å². The van der Waals surface area contributed by atoms with Crippen molar-refractivity contribution in [2.45, 2.75) is 51.2 Å². The Morgan fingerprint density at radius 3 is 2.77 bits per heavy atom. The van der Waals surface area contributed by atoms with Crippen LogP contribution in [0.4, 0.5) is 11.5 Å². The molecule has 3 aromatic rings. The van der Waals surface area contributed by atoms with E-state index < -0.39 is 0 Å². The molecular weight excluding hydrogens is 538 g/mol. The fourth-order valence-corrected chi connectivity index (χ4v) is 7.11. The van der Waals surface area contributed by atoms with Crippen molar-refractivity contribution >= 4 is 28.2 Å². The van der Waals surface area contributed by atoms with Crippen LogP contribution < -0.4 is 14.5 Å². The molecule has 0 spiro atoms. The van der Waals surface area contributed by atoms with Crippen molar-refractivity contribution in [1.82, 2.24) is 19.8 Å². The van der Waals surface area contributed by atoms with Crippen LogP contribution in [-0.4, -0.2) is 84.1 Å². The average Bonchev–Trinajstić information content (AvgIpc) is 3.48. The number of nitrogens with zero attached hydrogens (tertiary/aromatic N) is 7. The number of amides is 1. The molecule has 3 aliphatic rings. The highest BCUT2D eigenvalue weighted by molar-refractivity contribution is 5.94. The summed E-state index contributed by atoms with van der Waals surface area (Å²) >= 11 is 0. The molecule has 2 fully saturated rings. The third-order valence-corrected chi connectivity index (χ3v) is 9.41. The Bertz CT molecular complexity index is 1530. The first-order chi connectivity index (χ1) is 21.0. The van der Waals surface area contributed by atoms with Crippen molar-refractivity contribution in [1.29, 1.82) is 5.26 Å². The van der Waals surface area contributed by atoms with Crippen LogP contribution in [0.3, 0.4) is 0 Å². The lowest BCUT2D eigenvalue weighted by Crippen LogP contribution is -2.55. The lowest BCUT2D eigenvalue weighted by atomic mass is 10.0. The van der Waals surface area contributed by atoms with Gasteiger partial charge in [-0.25, -0.2) is 0 Å². The minimum atomic E-state index is -0.229. The number of hydrogen-bond acceptors (Lipinski definition) is 8. The first-order valence-electron chi connectivity index (χ1n) is 15.5. The van der Waals surface area contributed by atoms with E-state index in [-0.39, 0.29) is 18.4 Å². The zero-order chi connectivity index (χ0) is 29.9. The molecule has 4 heterocycles. The molecular formula is C34H41N7O2. The van der Waals surface area contributed by atoms with Crippen LogP contribution >= 0.6 is 0 Å². The highest BCUT2D eigenvalue weighted by Gasteiger charge is 2.34. The third kappa shape index (κ3) is 5.89. The summed E-state index contributed by atoms with van der Waals surface area (Å²) in [4.78, 5) is 31.4. The van der Waals surface area contributed by atoms with Crippen molar-refractivity contribution in [2.75, 3.05) is 56.2 Å². The van der Waals surface area contributed by atoms with Gasteiger partial charge in [0.05, 0.1) is 37.4 Å². The molecule has 9 nitrogen and oxygen atoms in total.